The fourth-order valence-corrected chi connectivity index (χ4v) is 11.8. The first-order valence-electron chi connectivity index (χ1n) is 23.8. The number of hydrogen-bond donors (Lipinski definition) is 0. The topological polar surface area (TPSA) is 217 Å². The van der Waals surface area contributed by atoms with Gasteiger partial charge in [0.05, 0.1) is 44.6 Å². The van der Waals surface area contributed by atoms with Crippen LogP contribution in [-0.4, -0.2) is 150 Å². The zero-order valence-corrected chi connectivity index (χ0v) is 46.0. The van der Waals surface area contributed by atoms with Gasteiger partial charge < -0.3 is 46.9 Å². The summed E-state index contributed by atoms with van der Waals surface area (Å²) >= 11 is 6.68. The Morgan fingerprint density at radius 1 is 0.941 bits per heavy atom. The van der Waals surface area contributed by atoms with Crippen LogP contribution < -0.4 is 4.90 Å². The lowest BCUT2D eigenvalue weighted by Crippen LogP contribution is -2.47. The molecule has 21 nitrogen and oxygen atoms in total. The Labute approximate surface area is 407 Å². The Morgan fingerprint density at radius 3 is 2.21 bits per heavy atom. The van der Waals surface area contributed by atoms with Crippen molar-refractivity contribution >= 4 is 58.3 Å². The summed E-state index contributed by atoms with van der Waals surface area (Å²) in [5, 5.41) is 16.1. The number of aromatic nitrogens is 8. The third-order valence-corrected chi connectivity index (χ3v) is 17.6. The predicted octanol–water partition coefficient (Wildman–Crippen LogP) is 8.43. The fourth-order valence-electron chi connectivity index (χ4n) is 8.16. The first-order valence-corrected chi connectivity index (χ1v) is 33.2. The van der Waals surface area contributed by atoms with Crippen molar-refractivity contribution in [2.75, 3.05) is 51.1 Å². The number of hydrogen-bond acceptors (Lipinski definition) is 18. The van der Waals surface area contributed by atoms with Crippen molar-refractivity contribution in [2.45, 2.75) is 186 Å². The molecule has 384 valence electrons. The number of tetrazole rings is 1. The van der Waals surface area contributed by atoms with Gasteiger partial charge in [0.2, 0.25) is 10.6 Å². The van der Waals surface area contributed by atoms with Crippen LogP contribution in [-0.2, 0) is 64.8 Å². The van der Waals surface area contributed by atoms with Crippen LogP contribution in [0.3, 0.4) is 0 Å². The molecule has 5 heterocycles. The quantitative estimate of drug-likeness (QED) is 0.0337. The van der Waals surface area contributed by atoms with Crippen molar-refractivity contribution < 1.29 is 56.3 Å². The van der Waals surface area contributed by atoms with Gasteiger partial charge in [-0.05, 0) is 90.2 Å². The summed E-state index contributed by atoms with van der Waals surface area (Å²) in [4.78, 5) is 26.0. The smallest absolute Gasteiger partial charge is 0.416 e. The lowest BCUT2D eigenvalue weighted by molar-refractivity contribution is -0.209. The molecule has 2 aliphatic heterocycles. The van der Waals surface area contributed by atoms with E-state index in [1.54, 1.807) is 29.6 Å². The molecule has 2 unspecified atom stereocenters. The van der Waals surface area contributed by atoms with Crippen molar-refractivity contribution in [3.05, 3.63) is 17.3 Å². The van der Waals surface area contributed by atoms with Gasteiger partial charge in [-0.2, -0.15) is 15.1 Å². The minimum atomic E-state index is -4.21. The average molecular weight is 1030 g/mol. The van der Waals surface area contributed by atoms with Gasteiger partial charge in [0, 0.05) is 35.4 Å². The molecule has 3 aromatic heterocycles. The second-order valence-electron chi connectivity index (χ2n) is 21.4. The van der Waals surface area contributed by atoms with Crippen LogP contribution in [0.1, 0.15) is 86.2 Å². The average Bonchev–Trinajstić information content (AvgIpc) is 4.07. The van der Waals surface area contributed by atoms with E-state index in [-0.39, 0.29) is 69.3 Å². The van der Waals surface area contributed by atoms with Gasteiger partial charge in [0.1, 0.15) is 30.5 Å². The summed E-state index contributed by atoms with van der Waals surface area (Å²) in [6.07, 6.45) is 1.32. The highest BCUT2D eigenvalue weighted by atomic mass is 35.5. The number of carbonyl (C=O) groups excluding carboxylic acids is 1. The molecular formula is C43H75ClN9O12PSi2. The maximum atomic E-state index is 15.2. The molecule has 5 atom stereocenters. The maximum Gasteiger partial charge on any atom is 0.416 e. The molecule has 0 bridgehead atoms. The summed E-state index contributed by atoms with van der Waals surface area (Å²) in [6, 6.07) is 1.68. The van der Waals surface area contributed by atoms with Crippen LogP contribution in [0.15, 0.2) is 6.20 Å². The monoisotopic (exact) mass is 1030 g/mol. The second-order valence-corrected chi connectivity index (χ2v) is 35.3. The number of fused-ring (bicyclic) bond motifs is 2. The molecule has 3 fully saturated rings. The van der Waals surface area contributed by atoms with Crippen LogP contribution in [0.25, 0.3) is 11.0 Å². The van der Waals surface area contributed by atoms with E-state index in [2.05, 4.69) is 64.7 Å². The molecule has 1 amide bonds. The third kappa shape index (κ3) is 14.1. The SMILES string of the molecule is CCOP(=O)(OCC)C(COCC[Si](C)(C)C)(COCc1nnn(COCC[Si](C)(C)C)n1)OCC1O[C@@H](n2ncc3c(N(C(=O)OC(C)(C)C)C4CCCC4)nc(Cl)nc32)[C@@H]2OC(C)(C)O[C@H]12. The number of rotatable bonds is 25. The molecule has 2 saturated heterocycles. The Morgan fingerprint density at radius 2 is 1.57 bits per heavy atom. The number of nitrogens with zero attached hydrogens (tertiary/aromatic N) is 9. The van der Waals surface area contributed by atoms with E-state index in [9.17, 15) is 4.79 Å². The highest BCUT2D eigenvalue weighted by Crippen LogP contribution is 2.61. The van der Waals surface area contributed by atoms with Gasteiger partial charge in [-0.3, -0.25) is 9.46 Å². The first kappa shape index (κ1) is 54.8. The third-order valence-electron chi connectivity index (χ3n) is 11.5. The molecule has 0 N–H and O–H groups in total. The molecule has 0 aromatic carbocycles. The largest absolute Gasteiger partial charge is 0.443 e. The Bertz CT molecular complexity index is 2170. The Kier molecular flexibility index (Phi) is 18.1. The molecule has 68 heavy (non-hydrogen) atoms. The van der Waals surface area contributed by atoms with Crippen LogP contribution in [0.5, 0.6) is 0 Å². The van der Waals surface area contributed by atoms with E-state index >= 15 is 4.57 Å². The van der Waals surface area contributed by atoms with E-state index < -0.39 is 71.1 Å². The molecule has 3 aliphatic rings. The predicted molar refractivity (Wildman–Crippen MR) is 259 cm³/mol. The van der Waals surface area contributed by atoms with Gasteiger partial charge in [-0.15, -0.1) is 15.0 Å². The van der Waals surface area contributed by atoms with Crippen LogP contribution in [0.4, 0.5) is 10.6 Å². The first-order chi connectivity index (χ1) is 31.9. The number of anilines is 1. The van der Waals surface area contributed by atoms with Crippen molar-refractivity contribution in [3.63, 3.8) is 0 Å². The summed E-state index contributed by atoms with van der Waals surface area (Å²) < 4.78 is 79.8. The van der Waals surface area contributed by atoms with Gasteiger partial charge in [-0.25, -0.2) is 9.48 Å². The van der Waals surface area contributed by atoms with E-state index in [0.29, 0.717) is 24.2 Å². The zero-order chi connectivity index (χ0) is 49.7. The second kappa shape index (κ2) is 22.5. The number of carbonyl (C=O) groups is 1. The molecule has 0 radical (unpaired) electrons. The van der Waals surface area contributed by atoms with Crippen molar-refractivity contribution in [1.29, 1.82) is 0 Å². The van der Waals surface area contributed by atoms with Crippen molar-refractivity contribution in [1.82, 2.24) is 40.0 Å². The fraction of sp³-hybridized carbons (Fsp3) is 0.837. The van der Waals surface area contributed by atoms with E-state index in [4.69, 9.17) is 63.6 Å². The molecule has 1 aliphatic carbocycles. The summed E-state index contributed by atoms with van der Waals surface area (Å²) in [5.74, 6) is -0.465. The molecule has 3 aromatic rings. The normalized spacial score (nSPS) is 22.3. The Hall–Kier alpha value is -2.52. The molecule has 1 saturated carbocycles. The summed E-state index contributed by atoms with van der Waals surface area (Å²) in [5.41, 5.74) is -0.446. The van der Waals surface area contributed by atoms with Gasteiger partial charge in [0.25, 0.3) is 0 Å². The molecule has 6 rings (SSSR count). The van der Waals surface area contributed by atoms with Gasteiger partial charge in [-0.1, -0.05) is 52.1 Å². The summed E-state index contributed by atoms with van der Waals surface area (Å²) in [6.45, 7) is 26.6. The number of halogens is 1. The lowest BCUT2D eigenvalue weighted by atomic mass is 10.1. The standard InChI is InChI=1S/C43H75ClN9O12PSi2/c1-14-60-66(55,61-15-2)43(27-56-20-22-67(8,9)10,28-58-26-33-48-50-51(49-33)29-57-21-23-68(11,12)13)59-25-32-34-35(64-42(6,7)63-34)38(62-32)53-37-31(24-45-53)36(46-39(44)47-37)52(30-18-16-17-19-30)40(54)65-41(3,4)5/h24,30,32,34-35,38H,14-23,25-29H2,1-13H3/t32?,34-,35-,38-,43?/m1/s1. The Balaban J connectivity index is 1.30. The van der Waals surface area contributed by atoms with Crippen LogP contribution in [0, 0.1) is 0 Å². The minimum absolute atomic E-state index is 0.0492. The van der Waals surface area contributed by atoms with E-state index in [1.165, 1.54) is 4.80 Å². The highest BCUT2D eigenvalue weighted by Gasteiger charge is 2.59. The van der Waals surface area contributed by atoms with Crippen LogP contribution in [0.2, 0.25) is 56.7 Å². The van der Waals surface area contributed by atoms with Gasteiger partial charge >= 0.3 is 13.7 Å². The zero-order valence-electron chi connectivity index (χ0n) is 42.3. The van der Waals surface area contributed by atoms with Crippen molar-refractivity contribution in [2.24, 2.45) is 0 Å². The van der Waals surface area contributed by atoms with Crippen molar-refractivity contribution in [3.8, 4) is 0 Å². The van der Waals surface area contributed by atoms with E-state index in [1.807, 2.05) is 34.6 Å². The minimum Gasteiger partial charge on any atom is -0.443 e. The number of amides is 1. The molecular weight excluding hydrogens is 957 g/mol. The molecule has 25 heteroatoms. The maximum absolute atomic E-state index is 15.2. The van der Waals surface area contributed by atoms with Gasteiger partial charge in [0.15, 0.2) is 36.0 Å². The highest BCUT2D eigenvalue weighted by molar-refractivity contribution is 7.55. The number of ether oxygens (including phenoxy) is 8. The lowest BCUT2D eigenvalue weighted by Gasteiger charge is -2.39. The van der Waals surface area contributed by atoms with E-state index in [0.717, 1.165) is 37.8 Å². The molecule has 0 spiro atoms. The summed E-state index contributed by atoms with van der Waals surface area (Å²) in [7, 11) is -7.02. The van der Waals surface area contributed by atoms with Crippen LogP contribution >= 0.6 is 19.2 Å².